The number of benzene rings is 1. The molecule has 0 fully saturated rings. The van der Waals surface area contributed by atoms with Crippen molar-refractivity contribution in [3.8, 4) is 5.69 Å². The van der Waals surface area contributed by atoms with Crippen molar-refractivity contribution in [2.24, 2.45) is 5.10 Å². The zero-order valence-corrected chi connectivity index (χ0v) is 12.5. The van der Waals surface area contributed by atoms with Gasteiger partial charge in [0, 0.05) is 5.56 Å². The van der Waals surface area contributed by atoms with Crippen molar-refractivity contribution in [1.29, 1.82) is 0 Å². The minimum absolute atomic E-state index is 0.456. The lowest BCUT2D eigenvalue weighted by Gasteiger charge is -2.03. The Morgan fingerprint density at radius 3 is 2.67 bits per heavy atom. The number of nitrogens with zero attached hydrogens (tertiary/aromatic N) is 5. The number of aromatic amines is 1. The molecule has 6 nitrogen and oxygen atoms in total. The van der Waals surface area contributed by atoms with Gasteiger partial charge in [0.25, 0.3) is 0 Å². The second kappa shape index (κ2) is 5.45. The maximum absolute atomic E-state index is 5.06. The summed E-state index contributed by atoms with van der Waals surface area (Å²) in [6.45, 7) is 3.98. The number of aryl methyl sites for hydroxylation is 1. The average molecular weight is 298 g/mol. The van der Waals surface area contributed by atoms with E-state index in [1.165, 1.54) is 11.0 Å². The van der Waals surface area contributed by atoms with E-state index in [2.05, 4.69) is 20.4 Å². The third-order valence-electron chi connectivity index (χ3n) is 3.19. The summed E-state index contributed by atoms with van der Waals surface area (Å²) in [6, 6.07) is 10.0. The zero-order chi connectivity index (χ0) is 14.8. The maximum Gasteiger partial charge on any atom is 0.216 e. The highest BCUT2D eigenvalue weighted by Crippen LogP contribution is 2.16. The standard InChI is InChI=1S/C14H14N6S/c1-10-13(8-16-19-9-15-17-14(19)21)11(2)20(18-10)12-6-4-3-5-7-12/h3-9H,1-2H3,(H,17,21)/b16-8+. The number of H-pyrrole nitrogens is 1. The van der Waals surface area contributed by atoms with E-state index in [1.54, 1.807) is 6.21 Å². The summed E-state index contributed by atoms with van der Waals surface area (Å²) in [4.78, 5) is 0. The highest BCUT2D eigenvalue weighted by molar-refractivity contribution is 7.71. The fraction of sp³-hybridized carbons (Fsp3) is 0.143. The Morgan fingerprint density at radius 1 is 1.24 bits per heavy atom. The Morgan fingerprint density at radius 2 is 2.00 bits per heavy atom. The van der Waals surface area contributed by atoms with Crippen molar-refractivity contribution < 1.29 is 0 Å². The average Bonchev–Trinajstić information content (AvgIpc) is 3.02. The van der Waals surface area contributed by atoms with Crippen molar-refractivity contribution in [3.63, 3.8) is 0 Å². The lowest BCUT2D eigenvalue weighted by atomic mass is 10.2. The summed E-state index contributed by atoms with van der Waals surface area (Å²) in [5.74, 6) is 0. The Bertz CT molecular complexity index is 840. The summed E-state index contributed by atoms with van der Waals surface area (Å²) in [6.07, 6.45) is 3.29. The first-order chi connectivity index (χ1) is 10.2. The predicted molar refractivity (Wildman–Crippen MR) is 83.4 cm³/mol. The normalized spacial score (nSPS) is 11.3. The lowest BCUT2D eigenvalue weighted by Crippen LogP contribution is -1.99. The Hall–Kier alpha value is -2.54. The van der Waals surface area contributed by atoms with E-state index in [1.807, 2.05) is 48.9 Å². The van der Waals surface area contributed by atoms with Crippen LogP contribution in [0.15, 0.2) is 41.8 Å². The molecule has 0 unspecified atom stereocenters. The monoisotopic (exact) mass is 298 g/mol. The van der Waals surface area contributed by atoms with Crippen LogP contribution in [0.4, 0.5) is 0 Å². The third kappa shape index (κ3) is 2.55. The highest BCUT2D eigenvalue weighted by atomic mass is 32.1. The van der Waals surface area contributed by atoms with E-state index in [0.29, 0.717) is 4.77 Å². The molecular formula is C14H14N6S. The maximum atomic E-state index is 5.06. The van der Waals surface area contributed by atoms with Crippen LogP contribution in [0.3, 0.4) is 0 Å². The van der Waals surface area contributed by atoms with Gasteiger partial charge in [-0.1, -0.05) is 18.2 Å². The largest absolute Gasteiger partial charge is 0.250 e. The molecule has 0 aliphatic carbocycles. The lowest BCUT2D eigenvalue weighted by molar-refractivity contribution is 0.833. The van der Waals surface area contributed by atoms with Crippen molar-refractivity contribution in [2.75, 3.05) is 0 Å². The van der Waals surface area contributed by atoms with Gasteiger partial charge in [0.1, 0.15) is 6.33 Å². The van der Waals surface area contributed by atoms with Crippen LogP contribution in [0.25, 0.3) is 5.69 Å². The third-order valence-corrected chi connectivity index (χ3v) is 3.47. The summed E-state index contributed by atoms with van der Waals surface area (Å²) < 4.78 is 3.87. The van der Waals surface area contributed by atoms with Crippen molar-refractivity contribution in [3.05, 3.63) is 58.4 Å². The first kappa shape index (κ1) is 13.4. The molecule has 0 saturated heterocycles. The van der Waals surface area contributed by atoms with Gasteiger partial charge in [-0.2, -0.15) is 20.0 Å². The van der Waals surface area contributed by atoms with Gasteiger partial charge >= 0.3 is 0 Å². The van der Waals surface area contributed by atoms with Gasteiger partial charge < -0.3 is 0 Å². The highest BCUT2D eigenvalue weighted by Gasteiger charge is 2.10. The molecule has 2 heterocycles. The van der Waals surface area contributed by atoms with Crippen molar-refractivity contribution in [2.45, 2.75) is 13.8 Å². The molecule has 0 radical (unpaired) electrons. The predicted octanol–water partition coefficient (Wildman–Crippen LogP) is 2.63. The summed E-state index contributed by atoms with van der Waals surface area (Å²) in [5, 5.41) is 15.4. The summed E-state index contributed by atoms with van der Waals surface area (Å²) in [5.41, 5.74) is 3.94. The van der Waals surface area contributed by atoms with Gasteiger partial charge in [0.15, 0.2) is 0 Å². The number of rotatable bonds is 3. The van der Waals surface area contributed by atoms with Crippen LogP contribution in [-0.4, -0.2) is 30.9 Å². The van der Waals surface area contributed by atoms with Gasteiger partial charge in [-0.05, 0) is 38.2 Å². The molecule has 1 N–H and O–H groups in total. The van der Waals surface area contributed by atoms with Gasteiger partial charge in [-0.3, -0.25) is 5.10 Å². The SMILES string of the molecule is Cc1nn(-c2ccccc2)c(C)c1/C=N/n1cn[nH]c1=S. The van der Waals surface area contributed by atoms with Crippen LogP contribution in [0.2, 0.25) is 0 Å². The molecule has 3 aromatic rings. The number of hydrogen-bond acceptors (Lipinski definition) is 4. The van der Waals surface area contributed by atoms with Crippen LogP contribution < -0.4 is 0 Å². The molecule has 0 aliphatic rings. The smallest absolute Gasteiger partial charge is 0.216 e. The molecule has 0 atom stereocenters. The van der Waals surface area contributed by atoms with Crippen LogP contribution in [0, 0.1) is 18.6 Å². The fourth-order valence-electron chi connectivity index (χ4n) is 2.11. The Balaban J connectivity index is 2.01. The van der Waals surface area contributed by atoms with Gasteiger partial charge in [0.05, 0.1) is 23.3 Å². The summed E-state index contributed by atoms with van der Waals surface area (Å²) in [7, 11) is 0. The van der Waals surface area contributed by atoms with Crippen molar-refractivity contribution in [1.82, 2.24) is 24.7 Å². The molecule has 0 bridgehead atoms. The minimum Gasteiger partial charge on any atom is -0.250 e. The first-order valence-corrected chi connectivity index (χ1v) is 6.85. The molecule has 1 aromatic carbocycles. The molecule has 3 rings (SSSR count). The Labute approximate surface area is 126 Å². The molecule has 0 amide bonds. The zero-order valence-electron chi connectivity index (χ0n) is 11.7. The molecule has 7 heteroatoms. The number of para-hydroxylation sites is 1. The first-order valence-electron chi connectivity index (χ1n) is 6.45. The van der Waals surface area contributed by atoms with E-state index >= 15 is 0 Å². The fourth-order valence-corrected chi connectivity index (χ4v) is 2.25. The van der Waals surface area contributed by atoms with E-state index in [4.69, 9.17) is 12.2 Å². The molecule has 0 saturated carbocycles. The minimum atomic E-state index is 0.456. The molecule has 106 valence electrons. The van der Waals surface area contributed by atoms with E-state index < -0.39 is 0 Å². The van der Waals surface area contributed by atoms with E-state index in [0.717, 1.165) is 22.6 Å². The number of nitrogens with one attached hydrogen (secondary N) is 1. The Kier molecular flexibility index (Phi) is 3.49. The molecule has 0 spiro atoms. The topological polar surface area (TPSA) is 63.8 Å². The number of hydrogen-bond donors (Lipinski definition) is 1. The van der Waals surface area contributed by atoms with Gasteiger partial charge in [0.2, 0.25) is 4.77 Å². The van der Waals surface area contributed by atoms with Crippen LogP contribution in [-0.2, 0) is 0 Å². The number of aromatic nitrogens is 5. The van der Waals surface area contributed by atoms with Crippen LogP contribution in [0.1, 0.15) is 17.0 Å². The molecule has 21 heavy (non-hydrogen) atoms. The van der Waals surface area contributed by atoms with Gasteiger partial charge in [-0.25, -0.2) is 4.68 Å². The molecule has 0 aliphatic heterocycles. The molecular weight excluding hydrogens is 284 g/mol. The second-order valence-corrected chi connectivity index (χ2v) is 4.97. The molecule has 2 aromatic heterocycles. The summed E-state index contributed by atoms with van der Waals surface area (Å²) >= 11 is 5.06. The van der Waals surface area contributed by atoms with Gasteiger partial charge in [-0.15, -0.1) is 0 Å². The van der Waals surface area contributed by atoms with E-state index in [-0.39, 0.29) is 0 Å². The van der Waals surface area contributed by atoms with Crippen LogP contribution >= 0.6 is 12.2 Å². The second-order valence-electron chi connectivity index (χ2n) is 4.58. The van der Waals surface area contributed by atoms with E-state index in [9.17, 15) is 0 Å². The quantitative estimate of drug-likeness (QED) is 0.597. The van der Waals surface area contributed by atoms with Crippen molar-refractivity contribution >= 4 is 18.4 Å². The van der Waals surface area contributed by atoms with Crippen LogP contribution in [0.5, 0.6) is 0 Å².